The van der Waals surface area contributed by atoms with Gasteiger partial charge in [-0.25, -0.2) is 15.1 Å². The van der Waals surface area contributed by atoms with Crippen molar-refractivity contribution in [3.63, 3.8) is 0 Å². The number of nitriles is 1. The molecule has 1 saturated heterocycles. The molecule has 0 radical (unpaired) electrons. The average Bonchev–Trinajstić information content (AvgIpc) is 2.58. The Morgan fingerprint density at radius 1 is 1.28 bits per heavy atom. The molecule has 0 spiro atoms. The van der Waals surface area contributed by atoms with E-state index in [1.807, 2.05) is 26.8 Å². The summed E-state index contributed by atoms with van der Waals surface area (Å²) < 4.78 is 5.33. The minimum Gasteiger partial charge on any atom is -0.444 e. The number of nitrogens with one attached hydrogen (secondary N) is 1. The fourth-order valence-corrected chi connectivity index (χ4v) is 2.47. The van der Waals surface area contributed by atoms with E-state index in [9.17, 15) is 9.59 Å². The highest BCUT2D eigenvalue weighted by Crippen LogP contribution is 2.21. The maximum atomic E-state index is 12.1. The molecule has 1 amide bonds. The number of carbonyl (C=O) groups is 2. The molecular weight excluding hydrogens is 322 g/mol. The molecule has 25 heavy (non-hydrogen) atoms. The van der Waals surface area contributed by atoms with E-state index in [1.54, 1.807) is 29.2 Å². The Morgan fingerprint density at radius 3 is 2.56 bits per heavy atom. The van der Waals surface area contributed by atoms with E-state index in [2.05, 4.69) is 5.48 Å². The molecule has 0 unspecified atom stereocenters. The van der Waals surface area contributed by atoms with E-state index in [0.717, 1.165) is 0 Å². The van der Waals surface area contributed by atoms with Gasteiger partial charge in [-0.1, -0.05) is 6.07 Å². The van der Waals surface area contributed by atoms with Gasteiger partial charge in [0.1, 0.15) is 5.60 Å². The number of carbonyl (C=O) groups excluding carboxylic acids is 2. The van der Waals surface area contributed by atoms with Gasteiger partial charge < -0.3 is 14.5 Å². The number of anilines is 1. The molecule has 1 aromatic carbocycles. The van der Waals surface area contributed by atoms with Gasteiger partial charge in [0, 0.05) is 13.1 Å². The molecule has 134 valence electrons. The summed E-state index contributed by atoms with van der Waals surface area (Å²) >= 11 is 0. The molecular formula is C18H23N3O4. The number of likely N-dealkylation sites (tertiary alicyclic amines) is 1. The Hall–Kier alpha value is -2.75. The highest BCUT2D eigenvalue weighted by molar-refractivity contribution is 5.74. The van der Waals surface area contributed by atoms with Crippen LogP contribution < -0.4 is 5.48 Å². The molecule has 1 aliphatic rings. The first-order valence-electron chi connectivity index (χ1n) is 8.23. The number of ether oxygens (including phenoxy) is 1. The summed E-state index contributed by atoms with van der Waals surface area (Å²) in [6.45, 7) is 6.38. The van der Waals surface area contributed by atoms with Gasteiger partial charge in [0.2, 0.25) is 0 Å². The minimum absolute atomic E-state index is 0.273. The molecule has 0 aromatic heterocycles. The molecule has 0 atom stereocenters. The number of hydrogen-bond donors (Lipinski definition) is 1. The van der Waals surface area contributed by atoms with Crippen LogP contribution in [0.2, 0.25) is 0 Å². The van der Waals surface area contributed by atoms with Crippen molar-refractivity contribution < 1.29 is 19.2 Å². The number of hydrogen-bond acceptors (Lipinski definition) is 6. The molecule has 1 fully saturated rings. The lowest BCUT2D eigenvalue weighted by molar-refractivity contribution is -0.147. The molecule has 0 aliphatic carbocycles. The topological polar surface area (TPSA) is 91.7 Å². The van der Waals surface area contributed by atoms with Gasteiger partial charge in [0.05, 0.1) is 23.2 Å². The van der Waals surface area contributed by atoms with Crippen LogP contribution in [0.5, 0.6) is 0 Å². The van der Waals surface area contributed by atoms with Gasteiger partial charge in [0.15, 0.2) is 0 Å². The Kier molecular flexibility index (Phi) is 5.86. The smallest absolute Gasteiger partial charge is 0.410 e. The number of benzene rings is 1. The number of amides is 1. The summed E-state index contributed by atoms with van der Waals surface area (Å²) in [5, 5.41) is 8.86. The summed E-state index contributed by atoms with van der Waals surface area (Å²) in [5.41, 5.74) is 3.06. The Labute approximate surface area is 147 Å². The van der Waals surface area contributed by atoms with Crippen LogP contribution in [0.25, 0.3) is 0 Å². The summed E-state index contributed by atoms with van der Waals surface area (Å²) in [4.78, 5) is 30.9. The van der Waals surface area contributed by atoms with Crippen molar-refractivity contribution in [1.29, 1.82) is 5.26 Å². The SMILES string of the molecule is CC(C)(C)OC(=O)N1CCC(C(=O)ONc2cccc(C#N)c2)CC1. The van der Waals surface area contributed by atoms with Crippen molar-refractivity contribution in [2.45, 2.75) is 39.2 Å². The van der Waals surface area contributed by atoms with Crippen LogP contribution in [0, 0.1) is 17.2 Å². The zero-order valence-electron chi connectivity index (χ0n) is 14.7. The number of nitrogens with zero attached hydrogens (tertiary/aromatic N) is 2. The second-order valence-electron chi connectivity index (χ2n) is 6.96. The fourth-order valence-electron chi connectivity index (χ4n) is 2.47. The van der Waals surface area contributed by atoms with Gasteiger partial charge in [-0.2, -0.15) is 5.26 Å². The maximum absolute atomic E-state index is 12.1. The largest absolute Gasteiger partial charge is 0.444 e. The third kappa shape index (κ3) is 5.68. The van der Waals surface area contributed by atoms with Crippen molar-refractivity contribution in [2.24, 2.45) is 5.92 Å². The lowest BCUT2D eigenvalue weighted by Crippen LogP contribution is -2.43. The van der Waals surface area contributed by atoms with Crippen LogP contribution in [-0.2, 0) is 14.4 Å². The normalized spacial score (nSPS) is 15.2. The van der Waals surface area contributed by atoms with Gasteiger partial charge in [-0.05, 0) is 51.8 Å². The molecule has 7 nitrogen and oxygen atoms in total. The quantitative estimate of drug-likeness (QED) is 0.847. The second-order valence-corrected chi connectivity index (χ2v) is 6.96. The predicted octanol–water partition coefficient (Wildman–Crippen LogP) is 3.08. The summed E-state index contributed by atoms with van der Waals surface area (Å²) in [6, 6.07) is 8.69. The third-order valence-corrected chi connectivity index (χ3v) is 3.74. The first-order chi connectivity index (χ1) is 11.8. The lowest BCUT2D eigenvalue weighted by atomic mass is 9.97. The third-order valence-electron chi connectivity index (χ3n) is 3.74. The minimum atomic E-state index is -0.533. The van der Waals surface area contributed by atoms with E-state index in [4.69, 9.17) is 14.8 Å². The molecule has 7 heteroatoms. The van der Waals surface area contributed by atoms with Gasteiger partial charge in [-0.15, -0.1) is 0 Å². The fraction of sp³-hybridized carbons (Fsp3) is 0.500. The van der Waals surface area contributed by atoms with Crippen molar-refractivity contribution in [2.75, 3.05) is 18.6 Å². The Morgan fingerprint density at radius 2 is 1.96 bits per heavy atom. The number of rotatable bonds is 3. The lowest BCUT2D eigenvalue weighted by Gasteiger charge is -2.32. The van der Waals surface area contributed by atoms with Crippen molar-refractivity contribution in [1.82, 2.24) is 4.90 Å². The zero-order valence-corrected chi connectivity index (χ0v) is 14.7. The molecule has 1 aliphatic heterocycles. The molecule has 1 aromatic rings. The summed E-state index contributed by atoms with van der Waals surface area (Å²) in [5.74, 6) is -0.642. The first kappa shape index (κ1) is 18.6. The molecule has 1 heterocycles. The van der Waals surface area contributed by atoms with Crippen LogP contribution >= 0.6 is 0 Å². The predicted molar refractivity (Wildman–Crippen MR) is 91.4 cm³/mol. The monoisotopic (exact) mass is 345 g/mol. The Balaban J connectivity index is 1.79. The summed E-state index contributed by atoms with van der Waals surface area (Å²) in [7, 11) is 0. The van der Waals surface area contributed by atoms with E-state index >= 15 is 0 Å². The summed E-state index contributed by atoms with van der Waals surface area (Å²) in [6.07, 6.45) is 0.696. The second kappa shape index (κ2) is 7.88. The van der Waals surface area contributed by atoms with Gasteiger partial charge in [0.25, 0.3) is 0 Å². The van der Waals surface area contributed by atoms with Crippen molar-refractivity contribution in [3.05, 3.63) is 29.8 Å². The highest BCUT2D eigenvalue weighted by Gasteiger charge is 2.30. The van der Waals surface area contributed by atoms with Crippen LogP contribution in [0.4, 0.5) is 10.5 Å². The Bertz CT molecular complexity index is 668. The van der Waals surface area contributed by atoms with Crippen molar-refractivity contribution >= 4 is 17.7 Å². The van der Waals surface area contributed by atoms with Gasteiger partial charge in [-0.3, -0.25) is 0 Å². The van der Waals surface area contributed by atoms with E-state index in [0.29, 0.717) is 37.2 Å². The first-order valence-corrected chi connectivity index (χ1v) is 8.23. The number of piperidine rings is 1. The van der Waals surface area contributed by atoms with Crippen LogP contribution in [0.15, 0.2) is 24.3 Å². The van der Waals surface area contributed by atoms with E-state index < -0.39 is 5.60 Å². The van der Waals surface area contributed by atoms with Crippen LogP contribution in [0.1, 0.15) is 39.2 Å². The van der Waals surface area contributed by atoms with E-state index in [-0.39, 0.29) is 18.0 Å². The molecule has 2 rings (SSSR count). The highest BCUT2D eigenvalue weighted by atomic mass is 16.7. The molecule has 0 bridgehead atoms. The van der Waals surface area contributed by atoms with E-state index in [1.165, 1.54) is 0 Å². The van der Waals surface area contributed by atoms with Crippen LogP contribution in [-0.4, -0.2) is 35.7 Å². The molecule has 1 N–H and O–H groups in total. The average molecular weight is 345 g/mol. The zero-order chi connectivity index (χ0) is 18.4. The van der Waals surface area contributed by atoms with Crippen molar-refractivity contribution in [3.8, 4) is 6.07 Å². The van der Waals surface area contributed by atoms with Gasteiger partial charge >= 0.3 is 12.1 Å². The molecule has 0 saturated carbocycles. The van der Waals surface area contributed by atoms with Crippen LogP contribution in [0.3, 0.4) is 0 Å². The maximum Gasteiger partial charge on any atom is 0.410 e. The standard InChI is InChI=1S/C18H23N3O4/c1-18(2,3)24-17(23)21-9-7-14(8-10-21)16(22)25-20-15-6-4-5-13(11-15)12-19/h4-6,11,14,20H,7-10H2,1-3H3.